The van der Waals surface area contributed by atoms with Gasteiger partial charge in [-0.05, 0) is 29.0 Å². The molecule has 0 aliphatic heterocycles. The second-order valence-electron chi connectivity index (χ2n) is 4.99. The Hall–Kier alpha value is -2.13. The molecule has 104 valence electrons. The highest BCUT2D eigenvalue weighted by molar-refractivity contribution is 5.74. The van der Waals surface area contributed by atoms with Gasteiger partial charge in [0, 0.05) is 13.0 Å². The van der Waals surface area contributed by atoms with Crippen LogP contribution in [0.25, 0.3) is 11.1 Å². The van der Waals surface area contributed by atoms with E-state index < -0.39 is 0 Å². The highest BCUT2D eigenvalue weighted by Crippen LogP contribution is 2.20. The zero-order valence-electron chi connectivity index (χ0n) is 11.3. The van der Waals surface area contributed by atoms with Gasteiger partial charge in [-0.15, -0.1) is 0 Å². The van der Waals surface area contributed by atoms with Gasteiger partial charge in [-0.3, -0.25) is 4.79 Å². The third-order valence-electron chi connectivity index (χ3n) is 3.33. The smallest absolute Gasteiger partial charge is 0.217 e. The second kappa shape index (κ2) is 6.87. The minimum atomic E-state index is -0.370. The summed E-state index contributed by atoms with van der Waals surface area (Å²) in [4.78, 5) is 10.9. The Morgan fingerprint density at radius 2 is 1.60 bits per heavy atom. The minimum absolute atomic E-state index is 0.0244. The lowest BCUT2D eigenvalue weighted by Crippen LogP contribution is -2.20. The maximum absolute atomic E-state index is 10.9. The first-order valence-corrected chi connectivity index (χ1v) is 6.72. The van der Waals surface area contributed by atoms with Crippen molar-refractivity contribution >= 4 is 5.91 Å². The summed E-state index contributed by atoms with van der Waals surface area (Å²) < 4.78 is 0. The highest BCUT2D eigenvalue weighted by atomic mass is 16.3. The van der Waals surface area contributed by atoms with Crippen molar-refractivity contribution in [3.63, 3.8) is 0 Å². The Kier molecular flexibility index (Phi) is 4.91. The molecule has 0 spiro atoms. The SMILES string of the molecule is NC(=O)C[C@H](CO)Cc1ccc(-c2ccccc2)cc1. The van der Waals surface area contributed by atoms with E-state index in [4.69, 9.17) is 5.73 Å². The molecule has 0 aliphatic carbocycles. The van der Waals surface area contributed by atoms with Crippen LogP contribution in [0.1, 0.15) is 12.0 Å². The topological polar surface area (TPSA) is 63.3 Å². The van der Waals surface area contributed by atoms with Crippen LogP contribution in [0.5, 0.6) is 0 Å². The van der Waals surface area contributed by atoms with E-state index in [0.717, 1.165) is 11.1 Å². The number of hydrogen-bond donors (Lipinski definition) is 2. The van der Waals surface area contributed by atoms with Crippen LogP contribution in [-0.4, -0.2) is 17.6 Å². The summed E-state index contributed by atoms with van der Waals surface area (Å²) in [6.45, 7) is -0.0244. The van der Waals surface area contributed by atoms with Gasteiger partial charge in [-0.1, -0.05) is 54.6 Å². The van der Waals surface area contributed by atoms with Gasteiger partial charge in [0.15, 0.2) is 0 Å². The summed E-state index contributed by atoms with van der Waals surface area (Å²) in [5, 5.41) is 9.26. The molecular formula is C17H19NO2. The molecule has 3 heteroatoms. The zero-order chi connectivity index (χ0) is 14.4. The number of benzene rings is 2. The molecule has 3 N–H and O–H groups in total. The average Bonchev–Trinajstić information content (AvgIpc) is 2.48. The number of nitrogens with two attached hydrogens (primary N) is 1. The maximum Gasteiger partial charge on any atom is 0.217 e. The molecule has 2 rings (SSSR count). The van der Waals surface area contributed by atoms with Crippen molar-refractivity contribution in [2.45, 2.75) is 12.8 Å². The van der Waals surface area contributed by atoms with Crippen molar-refractivity contribution in [2.24, 2.45) is 11.7 Å². The highest BCUT2D eigenvalue weighted by Gasteiger charge is 2.11. The van der Waals surface area contributed by atoms with E-state index >= 15 is 0 Å². The number of hydrogen-bond acceptors (Lipinski definition) is 2. The lowest BCUT2D eigenvalue weighted by Gasteiger charge is -2.12. The van der Waals surface area contributed by atoms with Crippen LogP contribution < -0.4 is 5.73 Å². The van der Waals surface area contributed by atoms with Crippen LogP contribution >= 0.6 is 0 Å². The fourth-order valence-electron chi connectivity index (χ4n) is 2.28. The van der Waals surface area contributed by atoms with Gasteiger partial charge in [0.1, 0.15) is 0 Å². The molecule has 0 saturated carbocycles. The van der Waals surface area contributed by atoms with Gasteiger partial charge >= 0.3 is 0 Å². The maximum atomic E-state index is 10.9. The first-order valence-electron chi connectivity index (χ1n) is 6.72. The van der Waals surface area contributed by atoms with Crippen LogP contribution in [0.3, 0.4) is 0 Å². The van der Waals surface area contributed by atoms with Gasteiger partial charge < -0.3 is 10.8 Å². The second-order valence-corrected chi connectivity index (χ2v) is 4.99. The number of rotatable bonds is 6. The number of aliphatic hydroxyl groups excluding tert-OH is 1. The van der Waals surface area contributed by atoms with Gasteiger partial charge in [-0.2, -0.15) is 0 Å². The number of primary amides is 1. The van der Waals surface area contributed by atoms with E-state index in [9.17, 15) is 9.90 Å². The molecular weight excluding hydrogens is 250 g/mol. The number of carbonyl (C=O) groups excluding carboxylic acids is 1. The van der Waals surface area contributed by atoms with Crippen LogP contribution in [0.15, 0.2) is 54.6 Å². The van der Waals surface area contributed by atoms with Crippen molar-refractivity contribution in [2.75, 3.05) is 6.61 Å². The summed E-state index contributed by atoms with van der Waals surface area (Å²) in [5.41, 5.74) is 8.61. The third-order valence-corrected chi connectivity index (χ3v) is 3.33. The number of carbonyl (C=O) groups is 1. The molecule has 0 saturated heterocycles. The quantitative estimate of drug-likeness (QED) is 0.845. The molecule has 1 amide bonds. The molecule has 0 unspecified atom stereocenters. The predicted molar refractivity (Wildman–Crippen MR) is 80.0 cm³/mol. The molecule has 0 aliphatic rings. The molecule has 0 radical (unpaired) electrons. The van der Waals surface area contributed by atoms with Crippen LogP contribution in [-0.2, 0) is 11.2 Å². The van der Waals surface area contributed by atoms with Crippen molar-refractivity contribution < 1.29 is 9.90 Å². The molecule has 20 heavy (non-hydrogen) atoms. The summed E-state index contributed by atoms with van der Waals surface area (Å²) in [6.07, 6.45) is 0.880. The van der Waals surface area contributed by atoms with Crippen molar-refractivity contribution in [1.29, 1.82) is 0 Å². The Bertz CT molecular complexity index is 549. The van der Waals surface area contributed by atoms with Crippen LogP contribution in [0, 0.1) is 5.92 Å². The molecule has 2 aromatic rings. The van der Waals surface area contributed by atoms with E-state index in [2.05, 4.69) is 24.3 Å². The normalized spacial score (nSPS) is 12.1. The third kappa shape index (κ3) is 3.93. The summed E-state index contributed by atoms with van der Waals surface area (Å²) in [5.74, 6) is -0.472. The van der Waals surface area contributed by atoms with Gasteiger partial charge in [0.25, 0.3) is 0 Å². The summed E-state index contributed by atoms with van der Waals surface area (Å²) in [6, 6.07) is 18.3. The molecule has 0 fully saturated rings. The molecule has 3 nitrogen and oxygen atoms in total. The number of aliphatic hydroxyl groups is 1. The fraction of sp³-hybridized carbons (Fsp3) is 0.235. The van der Waals surface area contributed by atoms with E-state index in [1.165, 1.54) is 5.56 Å². The van der Waals surface area contributed by atoms with Crippen molar-refractivity contribution in [3.05, 3.63) is 60.2 Å². The largest absolute Gasteiger partial charge is 0.396 e. The minimum Gasteiger partial charge on any atom is -0.396 e. The standard InChI is InChI=1S/C17H19NO2/c18-17(20)11-14(12-19)10-13-6-8-16(9-7-13)15-4-2-1-3-5-15/h1-9,14,19H,10-12H2,(H2,18,20)/t14-/m1/s1. The van der Waals surface area contributed by atoms with Crippen LogP contribution in [0.2, 0.25) is 0 Å². The Morgan fingerprint density at radius 1 is 1.00 bits per heavy atom. The first-order chi connectivity index (χ1) is 9.69. The fourth-order valence-corrected chi connectivity index (χ4v) is 2.28. The Balaban J connectivity index is 2.06. The van der Waals surface area contributed by atoms with E-state index in [1.807, 2.05) is 30.3 Å². The molecule has 0 bridgehead atoms. The monoisotopic (exact) mass is 269 g/mol. The first kappa shape index (κ1) is 14.3. The zero-order valence-corrected chi connectivity index (χ0v) is 11.3. The lowest BCUT2D eigenvalue weighted by molar-refractivity contribution is -0.119. The van der Waals surface area contributed by atoms with Crippen molar-refractivity contribution in [1.82, 2.24) is 0 Å². The molecule has 0 heterocycles. The Labute approximate surface area is 119 Å². The van der Waals surface area contributed by atoms with Gasteiger partial charge in [0.2, 0.25) is 5.91 Å². The van der Waals surface area contributed by atoms with Crippen LogP contribution in [0.4, 0.5) is 0 Å². The summed E-state index contributed by atoms with van der Waals surface area (Å²) >= 11 is 0. The summed E-state index contributed by atoms with van der Waals surface area (Å²) in [7, 11) is 0. The molecule has 2 aromatic carbocycles. The van der Waals surface area contributed by atoms with Gasteiger partial charge in [0.05, 0.1) is 0 Å². The van der Waals surface area contributed by atoms with Crippen molar-refractivity contribution in [3.8, 4) is 11.1 Å². The van der Waals surface area contributed by atoms with E-state index in [-0.39, 0.29) is 24.9 Å². The predicted octanol–water partition coefficient (Wildman–Crippen LogP) is 2.38. The van der Waals surface area contributed by atoms with E-state index in [0.29, 0.717) is 6.42 Å². The average molecular weight is 269 g/mol. The van der Waals surface area contributed by atoms with Gasteiger partial charge in [-0.25, -0.2) is 0 Å². The molecule has 1 atom stereocenters. The number of amides is 1. The van der Waals surface area contributed by atoms with E-state index in [1.54, 1.807) is 0 Å². The Morgan fingerprint density at radius 3 is 2.15 bits per heavy atom. The lowest BCUT2D eigenvalue weighted by atomic mass is 9.95. The molecule has 0 aromatic heterocycles.